The van der Waals surface area contributed by atoms with Crippen LogP contribution in [0.4, 0.5) is 0 Å². The van der Waals surface area contributed by atoms with Crippen LogP contribution in [-0.4, -0.2) is 48.2 Å². The minimum Gasteiger partial charge on any atom is -0.497 e. The van der Waals surface area contributed by atoms with E-state index >= 15 is 0 Å². The van der Waals surface area contributed by atoms with Gasteiger partial charge in [-0.05, 0) is 43.5 Å². The van der Waals surface area contributed by atoms with Gasteiger partial charge in [0.2, 0.25) is 5.91 Å². The zero-order valence-electron chi connectivity index (χ0n) is 12.7. The molecule has 1 fully saturated rings. The predicted molar refractivity (Wildman–Crippen MR) is 80.1 cm³/mol. The van der Waals surface area contributed by atoms with Crippen molar-refractivity contribution in [2.45, 2.75) is 31.7 Å². The van der Waals surface area contributed by atoms with Crippen LogP contribution in [0, 0.1) is 0 Å². The topological polar surface area (TPSA) is 76.1 Å². The van der Waals surface area contributed by atoms with Crippen LogP contribution < -0.4 is 9.47 Å². The zero-order chi connectivity index (χ0) is 15.9. The van der Waals surface area contributed by atoms with Gasteiger partial charge in [0.25, 0.3) is 0 Å². The molecule has 0 aromatic heterocycles. The van der Waals surface area contributed by atoms with Crippen molar-refractivity contribution in [2.75, 3.05) is 20.3 Å². The SMILES string of the molecule is COc1ccc(OCCC(=O)N2CCCCC2C(=O)O)cc1. The molecule has 1 aliphatic rings. The van der Waals surface area contributed by atoms with Crippen LogP contribution in [0.15, 0.2) is 24.3 Å². The number of carbonyl (C=O) groups excluding carboxylic acids is 1. The molecular formula is C16H21NO5. The van der Waals surface area contributed by atoms with Gasteiger partial charge in [-0.15, -0.1) is 0 Å². The molecule has 1 aromatic carbocycles. The average molecular weight is 307 g/mol. The first-order chi connectivity index (χ1) is 10.6. The first-order valence-corrected chi connectivity index (χ1v) is 7.41. The highest BCUT2D eigenvalue weighted by Gasteiger charge is 2.31. The van der Waals surface area contributed by atoms with Crippen LogP contribution in [0.1, 0.15) is 25.7 Å². The Morgan fingerprint density at radius 2 is 1.91 bits per heavy atom. The van der Waals surface area contributed by atoms with Gasteiger partial charge in [0, 0.05) is 6.54 Å². The number of ether oxygens (including phenoxy) is 2. The summed E-state index contributed by atoms with van der Waals surface area (Å²) in [6.45, 7) is 0.742. The summed E-state index contributed by atoms with van der Waals surface area (Å²) in [5.41, 5.74) is 0. The Hall–Kier alpha value is -2.24. The van der Waals surface area contributed by atoms with Crippen LogP contribution in [0.2, 0.25) is 0 Å². The van der Waals surface area contributed by atoms with E-state index in [0.717, 1.165) is 18.6 Å². The summed E-state index contributed by atoms with van der Waals surface area (Å²) in [6.07, 6.45) is 2.41. The monoisotopic (exact) mass is 307 g/mol. The normalized spacial score (nSPS) is 17.9. The zero-order valence-corrected chi connectivity index (χ0v) is 12.7. The second kappa shape index (κ2) is 7.68. The number of rotatable bonds is 6. The van der Waals surface area contributed by atoms with E-state index in [9.17, 15) is 14.7 Å². The summed E-state index contributed by atoms with van der Waals surface area (Å²) in [6, 6.07) is 6.40. The number of benzene rings is 1. The van der Waals surface area contributed by atoms with Gasteiger partial charge in [0.1, 0.15) is 17.5 Å². The molecule has 0 aliphatic carbocycles. The molecule has 6 nitrogen and oxygen atoms in total. The van der Waals surface area contributed by atoms with Gasteiger partial charge in [0.15, 0.2) is 0 Å². The molecule has 1 aliphatic heterocycles. The number of methoxy groups -OCH3 is 1. The Labute approximate surface area is 129 Å². The molecule has 120 valence electrons. The van der Waals surface area contributed by atoms with E-state index in [1.807, 2.05) is 0 Å². The lowest BCUT2D eigenvalue weighted by molar-refractivity contribution is -0.152. The highest BCUT2D eigenvalue weighted by atomic mass is 16.5. The van der Waals surface area contributed by atoms with E-state index in [0.29, 0.717) is 18.7 Å². The highest BCUT2D eigenvalue weighted by Crippen LogP contribution is 2.19. The van der Waals surface area contributed by atoms with Crippen LogP contribution in [0.5, 0.6) is 11.5 Å². The second-order valence-electron chi connectivity index (χ2n) is 5.21. The summed E-state index contributed by atoms with van der Waals surface area (Å²) < 4.78 is 10.6. The first-order valence-electron chi connectivity index (χ1n) is 7.41. The van der Waals surface area contributed by atoms with Gasteiger partial charge in [-0.25, -0.2) is 4.79 Å². The van der Waals surface area contributed by atoms with Crippen molar-refractivity contribution in [2.24, 2.45) is 0 Å². The van der Waals surface area contributed by atoms with Crippen molar-refractivity contribution in [3.8, 4) is 11.5 Å². The molecule has 0 bridgehead atoms. The summed E-state index contributed by atoms with van der Waals surface area (Å²) in [5, 5.41) is 9.17. The number of amides is 1. The van der Waals surface area contributed by atoms with Crippen molar-refractivity contribution in [3.05, 3.63) is 24.3 Å². The molecule has 22 heavy (non-hydrogen) atoms. The summed E-state index contributed by atoms with van der Waals surface area (Å²) >= 11 is 0. The van der Waals surface area contributed by atoms with E-state index in [4.69, 9.17) is 9.47 Å². The molecule has 1 amide bonds. The molecule has 1 heterocycles. The fraction of sp³-hybridized carbons (Fsp3) is 0.500. The molecule has 1 saturated heterocycles. The van der Waals surface area contributed by atoms with Crippen LogP contribution >= 0.6 is 0 Å². The quantitative estimate of drug-likeness (QED) is 0.869. The number of nitrogens with zero attached hydrogens (tertiary/aromatic N) is 1. The molecule has 1 atom stereocenters. The molecule has 1 N–H and O–H groups in total. The minimum atomic E-state index is -0.927. The molecule has 2 rings (SSSR count). The fourth-order valence-electron chi connectivity index (χ4n) is 2.56. The largest absolute Gasteiger partial charge is 0.497 e. The smallest absolute Gasteiger partial charge is 0.326 e. The van der Waals surface area contributed by atoms with E-state index in [2.05, 4.69) is 0 Å². The molecule has 0 radical (unpaired) electrons. The van der Waals surface area contributed by atoms with Gasteiger partial charge < -0.3 is 19.5 Å². The number of aliphatic carboxylic acids is 1. The molecule has 0 saturated carbocycles. The molecular weight excluding hydrogens is 286 g/mol. The molecule has 1 aromatic rings. The molecule has 6 heteroatoms. The van der Waals surface area contributed by atoms with Gasteiger partial charge in [0.05, 0.1) is 20.1 Å². The fourth-order valence-corrected chi connectivity index (χ4v) is 2.56. The van der Waals surface area contributed by atoms with E-state index < -0.39 is 12.0 Å². The lowest BCUT2D eigenvalue weighted by Crippen LogP contribution is -2.48. The maximum atomic E-state index is 12.2. The lowest BCUT2D eigenvalue weighted by Gasteiger charge is -2.33. The van der Waals surface area contributed by atoms with Gasteiger partial charge in [-0.2, -0.15) is 0 Å². The number of carboxylic acids is 1. The molecule has 0 spiro atoms. The second-order valence-corrected chi connectivity index (χ2v) is 5.21. The van der Waals surface area contributed by atoms with Crippen molar-refractivity contribution >= 4 is 11.9 Å². The third-order valence-electron chi connectivity index (χ3n) is 3.75. The van der Waals surface area contributed by atoms with E-state index in [-0.39, 0.29) is 18.9 Å². The average Bonchev–Trinajstić information content (AvgIpc) is 2.55. The van der Waals surface area contributed by atoms with Gasteiger partial charge in [-0.1, -0.05) is 0 Å². The number of hydrogen-bond donors (Lipinski definition) is 1. The maximum absolute atomic E-state index is 12.2. The van der Waals surface area contributed by atoms with E-state index in [1.165, 1.54) is 4.90 Å². The molecule has 1 unspecified atom stereocenters. The Bertz CT molecular complexity index is 514. The van der Waals surface area contributed by atoms with Crippen molar-refractivity contribution in [1.82, 2.24) is 4.90 Å². The van der Waals surface area contributed by atoms with Gasteiger partial charge in [-0.3, -0.25) is 4.79 Å². The van der Waals surface area contributed by atoms with Crippen LogP contribution in [0.25, 0.3) is 0 Å². The Kier molecular flexibility index (Phi) is 5.63. The predicted octanol–water partition coefficient (Wildman–Crippen LogP) is 1.93. The number of hydrogen-bond acceptors (Lipinski definition) is 4. The first kappa shape index (κ1) is 16.1. The van der Waals surface area contributed by atoms with Crippen molar-refractivity contribution < 1.29 is 24.2 Å². The lowest BCUT2D eigenvalue weighted by atomic mass is 10.0. The number of likely N-dealkylation sites (tertiary alicyclic amines) is 1. The number of carboxylic acid groups (broad SMARTS) is 1. The van der Waals surface area contributed by atoms with Crippen molar-refractivity contribution in [1.29, 1.82) is 0 Å². The number of piperidine rings is 1. The summed E-state index contributed by atoms with van der Waals surface area (Å²) in [7, 11) is 1.59. The standard InChI is InChI=1S/C16H21NO5/c1-21-12-5-7-13(8-6-12)22-11-9-15(18)17-10-3-2-4-14(17)16(19)20/h5-8,14H,2-4,9-11H2,1H3,(H,19,20). The highest BCUT2D eigenvalue weighted by molar-refractivity contribution is 5.83. The van der Waals surface area contributed by atoms with E-state index in [1.54, 1.807) is 31.4 Å². The van der Waals surface area contributed by atoms with Crippen molar-refractivity contribution in [3.63, 3.8) is 0 Å². The maximum Gasteiger partial charge on any atom is 0.326 e. The third-order valence-corrected chi connectivity index (χ3v) is 3.75. The Morgan fingerprint density at radius 1 is 1.23 bits per heavy atom. The summed E-state index contributed by atoms with van der Waals surface area (Å²) in [5.74, 6) is 0.299. The van der Waals surface area contributed by atoms with Crippen LogP contribution in [-0.2, 0) is 9.59 Å². The minimum absolute atomic E-state index is 0.166. The Balaban J connectivity index is 1.82. The summed E-state index contributed by atoms with van der Waals surface area (Å²) in [4.78, 5) is 24.8. The van der Waals surface area contributed by atoms with Crippen LogP contribution in [0.3, 0.4) is 0 Å². The number of carbonyl (C=O) groups is 2. The Morgan fingerprint density at radius 3 is 2.55 bits per heavy atom. The van der Waals surface area contributed by atoms with Gasteiger partial charge >= 0.3 is 5.97 Å². The third kappa shape index (κ3) is 4.13.